The van der Waals surface area contributed by atoms with Crippen LogP contribution in [0.3, 0.4) is 0 Å². The zero-order valence-electron chi connectivity index (χ0n) is 8.44. The molecule has 1 radical (unpaired) electrons. The van der Waals surface area contributed by atoms with E-state index in [9.17, 15) is 4.79 Å². The Morgan fingerprint density at radius 1 is 1.25 bits per heavy atom. The summed E-state index contributed by atoms with van der Waals surface area (Å²) in [6, 6.07) is 0. The molecule has 0 aromatic rings. The molecule has 0 spiro atoms. The summed E-state index contributed by atoms with van der Waals surface area (Å²) in [7, 11) is 0. The van der Waals surface area contributed by atoms with Gasteiger partial charge in [0.15, 0.2) is 0 Å². The minimum Gasteiger partial charge on any atom is -0.356 e. The molecule has 0 aromatic heterocycles. The van der Waals surface area contributed by atoms with Gasteiger partial charge in [-0.1, -0.05) is 33.6 Å². The van der Waals surface area contributed by atoms with Crippen LogP contribution in [-0.4, -0.2) is 12.5 Å². The van der Waals surface area contributed by atoms with Crippen LogP contribution < -0.4 is 5.32 Å². The molecule has 1 amide bonds. The SMILES string of the molecule is CCCCCNC(=O)C[C](C)C. The maximum absolute atomic E-state index is 11.1. The summed E-state index contributed by atoms with van der Waals surface area (Å²) in [6.45, 7) is 6.95. The van der Waals surface area contributed by atoms with Gasteiger partial charge in [-0.3, -0.25) is 4.79 Å². The molecule has 0 saturated heterocycles. The van der Waals surface area contributed by atoms with Gasteiger partial charge < -0.3 is 5.32 Å². The Balaban J connectivity index is 3.20. The van der Waals surface area contributed by atoms with Crippen LogP contribution >= 0.6 is 0 Å². The Bertz CT molecular complexity index is 121. The molecule has 0 heterocycles. The number of nitrogens with one attached hydrogen (secondary N) is 1. The third kappa shape index (κ3) is 7.58. The number of carbonyl (C=O) groups is 1. The van der Waals surface area contributed by atoms with Crippen molar-refractivity contribution < 1.29 is 4.79 Å². The van der Waals surface area contributed by atoms with Crippen LogP contribution in [0.25, 0.3) is 0 Å². The third-order valence-electron chi connectivity index (χ3n) is 1.62. The fraction of sp³-hybridized carbons (Fsp3) is 0.800. The lowest BCUT2D eigenvalue weighted by Gasteiger charge is -2.05. The second kappa shape index (κ2) is 7.14. The van der Waals surface area contributed by atoms with E-state index in [2.05, 4.69) is 12.2 Å². The first-order chi connectivity index (χ1) is 5.66. The van der Waals surface area contributed by atoms with Gasteiger partial charge in [0, 0.05) is 13.0 Å². The van der Waals surface area contributed by atoms with Crippen molar-refractivity contribution >= 4 is 5.91 Å². The molecule has 0 saturated carbocycles. The topological polar surface area (TPSA) is 29.1 Å². The van der Waals surface area contributed by atoms with Gasteiger partial charge in [-0.2, -0.15) is 0 Å². The Hall–Kier alpha value is -0.530. The lowest BCUT2D eigenvalue weighted by atomic mass is 10.1. The van der Waals surface area contributed by atoms with E-state index in [0.717, 1.165) is 13.0 Å². The second-order valence-electron chi connectivity index (χ2n) is 3.44. The average molecular weight is 170 g/mol. The third-order valence-corrected chi connectivity index (χ3v) is 1.62. The van der Waals surface area contributed by atoms with Crippen LogP contribution in [-0.2, 0) is 4.79 Å². The second-order valence-corrected chi connectivity index (χ2v) is 3.44. The van der Waals surface area contributed by atoms with E-state index in [1.54, 1.807) is 0 Å². The van der Waals surface area contributed by atoms with Gasteiger partial charge in [-0.25, -0.2) is 0 Å². The average Bonchev–Trinajstić information content (AvgIpc) is 1.97. The van der Waals surface area contributed by atoms with E-state index in [1.807, 2.05) is 13.8 Å². The van der Waals surface area contributed by atoms with Crippen molar-refractivity contribution in [1.82, 2.24) is 5.32 Å². The fourth-order valence-corrected chi connectivity index (χ4v) is 0.986. The van der Waals surface area contributed by atoms with E-state index in [-0.39, 0.29) is 5.91 Å². The number of hydrogen-bond acceptors (Lipinski definition) is 1. The Kier molecular flexibility index (Phi) is 6.82. The molecule has 2 nitrogen and oxygen atoms in total. The van der Waals surface area contributed by atoms with Crippen LogP contribution in [0.5, 0.6) is 0 Å². The van der Waals surface area contributed by atoms with Gasteiger partial charge >= 0.3 is 0 Å². The highest BCUT2D eigenvalue weighted by Crippen LogP contribution is 2.01. The highest BCUT2D eigenvalue weighted by molar-refractivity contribution is 5.77. The van der Waals surface area contributed by atoms with Crippen LogP contribution in [0.2, 0.25) is 0 Å². The maximum atomic E-state index is 11.1. The molecule has 0 aliphatic rings. The minimum absolute atomic E-state index is 0.158. The quantitative estimate of drug-likeness (QED) is 0.609. The summed E-state index contributed by atoms with van der Waals surface area (Å²) in [4.78, 5) is 11.1. The van der Waals surface area contributed by atoms with Gasteiger partial charge in [-0.05, 0) is 12.3 Å². The van der Waals surface area contributed by atoms with Gasteiger partial charge in [0.1, 0.15) is 0 Å². The highest BCUT2D eigenvalue weighted by Gasteiger charge is 2.02. The molecule has 0 unspecified atom stereocenters. The summed E-state index contributed by atoms with van der Waals surface area (Å²) in [5.74, 6) is 1.33. The van der Waals surface area contributed by atoms with Gasteiger partial charge in [0.05, 0.1) is 0 Å². The van der Waals surface area contributed by atoms with Gasteiger partial charge in [0.2, 0.25) is 5.91 Å². The molecule has 0 aliphatic heterocycles. The summed E-state index contributed by atoms with van der Waals surface area (Å²) in [5, 5.41) is 2.89. The summed E-state index contributed by atoms with van der Waals surface area (Å²) in [5.41, 5.74) is 0. The smallest absolute Gasteiger partial charge is 0.220 e. The first-order valence-electron chi connectivity index (χ1n) is 4.72. The van der Waals surface area contributed by atoms with Crippen LogP contribution in [0.15, 0.2) is 0 Å². The number of rotatable bonds is 6. The molecule has 0 aromatic carbocycles. The minimum atomic E-state index is 0.158. The van der Waals surface area contributed by atoms with E-state index in [1.165, 1.54) is 18.8 Å². The molecule has 2 heteroatoms. The van der Waals surface area contributed by atoms with Gasteiger partial charge in [0.25, 0.3) is 0 Å². The van der Waals surface area contributed by atoms with Crippen molar-refractivity contribution in [3.8, 4) is 0 Å². The van der Waals surface area contributed by atoms with Crippen molar-refractivity contribution in [2.45, 2.75) is 46.5 Å². The van der Waals surface area contributed by atoms with E-state index < -0.39 is 0 Å². The van der Waals surface area contributed by atoms with E-state index in [0.29, 0.717) is 6.42 Å². The van der Waals surface area contributed by atoms with Crippen molar-refractivity contribution in [3.63, 3.8) is 0 Å². The van der Waals surface area contributed by atoms with Crippen LogP contribution in [0.1, 0.15) is 46.5 Å². The lowest BCUT2D eigenvalue weighted by molar-refractivity contribution is -0.120. The molecule has 12 heavy (non-hydrogen) atoms. The monoisotopic (exact) mass is 170 g/mol. The predicted octanol–water partition coefficient (Wildman–Crippen LogP) is 2.30. The number of hydrogen-bond donors (Lipinski definition) is 1. The van der Waals surface area contributed by atoms with Gasteiger partial charge in [-0.15, -0.1) is 0 Å². The summed E-state index contributed by atoms with van der Waals surface area (Å²) >= 11 is 0. The van der Waals surface area contributed by atoms with Crippen molar-refractivity contribution in [3.05, 3.63) is 5.92 Å². The standard InChI is InChI=1S/C10H20NO/c1-4-5-6-7-11-10(12)8-9(2)3/h4-8H2,1-3H3,(H,11,12). The Labute approximate surface area is 75.7 Å². The Morgan fingerprint density at radius 3 is 2.42 bits per heavy atom. The van der Waals surface area contributed by atoms with Crippen LogP contribution in [0, 0.1) is 5.92 Å². The number of unbranched alkanes of at least 4 members (excludes halogenated alkanes) is 2. The van der Waals surface area contributed by atoms with Crippen molar-refractivity contribution in [2.24, 2.45) is 0 Å². The molecule has 1 N–H and O–H groups in total. The molecule has 71 valence electrons. The zero-order chi connectivity index (χ0) is 9.40. The fourth-order valence-electron chi connectivity index (χ4n) is 0.986. The largest absolute Gasteiger partial charge is 0.356 e. The Morgan fingerprint density at radius 2 is 1.92 bits per heavy atom. The molecular formula is C10H20NO. The maximum Gasteiger partial charge on any atom is 0.220 e. The van der Waals surface area contributed by atoms with Crippen molar-refractivity contribution in [2.75, 3.05) is 6.54 Å². The van der Waals surface area contributed by atoms with Crippen LogP contribution in [0.4, 0.5) is 0 Å². The first-order valence-corrected chi connectivity index (χ1v) is 4.72. The molecule has 0 atom stereocenters. The zero-order valence-corrected chi connectivity index (χ0v) is 8.44. The number of carbonyl (C=O) groups excluding carboxylic acids is 1. The molecule has 0 aliphatic carbocycles. The molecular weight excluding hydrogens is 150 g/mol. The van der Waals surface area contributed by atoms with E-state index >= 15 is 0 Å². The molecule has 0 bridgehead atoms. The lowest BCUT2D eigenvalue weighted by Crippen LogP contribution is -2.24. The predicted molar refractivity (Wildman–Crippen MR) is 51.7 cm³/mol. The highest BCUT2D eigenvalue weighted by atomic mass is 16.1. The van der Waals surface area contributed by atoms with E-state index in [4.69, 9.17) is 0 Å². The molecule has 0 fully saturated rings. The normalized spacial score (nSPS) is 10.3. The van der Waals surface area contributed by atoms with Crippen molar-refractivity contribution in [1.29, 1.82) is 0 Å². The molecule has 0 rings (SSSR count). The summed E-state index contributed by atoms with van der Waals surface area (Å²) in [6.07, 6.45) is 4.08. The first kappa shape index (κ1) is 11.5. The summed E-state index contributed by atoms with van der Waals surface area (Å²) < 4.78 is 0. The number of amides is 1.